The average Bonchev–Trinajstić information content (AvgIpc) is 2.03. The lowest BCUT2D eigenvalue weighted by Gasteiger charge is -2.22. The molecule has 0 radical (unpaired) electrons. The first-order chi connectivity index (χ1) is 6.54. The molecule has 86 valence electrons. The molecule has 0 atom stereocenters. The lowest BCUT2D eigenvalue weighted by Crippen LogP contribution is -2.46. The Labute approximate surface area is 94.1 Å². The highest BCUT2D eigenvalue weighted by atomic mass is 35.5. The normalized spacial score (nSPS) is 9.47. The Kier molecular flexibility index (Phi) is 8.61. The van der Waals surface area contributed by atoms with Crippen molar-refractivity contribution in [1.29, 1.82) is 0 Å². The highest BCUT2D eigenvalue weighted by Gasteiger charge is 2.31. The van der Waals surface area contributed by atoms with Crippen LogP contribution in [-0.2, 0) is 9.59 Å². The monoisotopic (exact) mass is 235 g/mol. The topological polar surface area (TPSA) is 77.8 Å². The lowest BCUT2D eigenvalue weighted by molar-refractivity contribution is -0.155. The molecule has 0 bridgehead atoms. The number of halogens is 1. The molecule has 0 aliphatic rings. The second-order valence-electron chi connectivity index (χ2n) is 2.61. The zero-order chi connectivity index (χ0) is 11.1. The summed E-state index contributed by atoms with van der Waals surface area (Å²) in [7, 11) is 0. The number of nitrogens with zero attached hydrogens (tertiary/aromatic N) is 1. The van der Waals surface area contributed by atoms with E-state index in [0.717, 1.165) is 0 Å². The van der Waals surface area contributed by atoms with Gasteiger partial charge in [0.05, 0.1) is 0 Å². The number of rotatable bonds is 7. The summed E-state index contributed by atoms with van der Waals surface area (Å²) in [5.41, 5.74) is 0. The minimum absolute atomic E-state index is 0. The standard InChI is InChI=1S/C9H13NO4.ClH/c1-3-5-10(6-4-2)7(8(11)12)9(13)14;/h3-4,7H,1-2,5-6H2,(H,11,12)(H,13,14);1H. The van der Waals surface area contributed by atoms with Gasteiger partial charge in [-0.3, -0.25) is 4.90 Å². The Bertz CT molecular complexity index is 230. The van der Waals surface area contributed by atoms with Crippen molar-refractivity contribution in [3.8, 4) is 0 Å². The van der Waals surface area contributed by atoms with E-state index < -0.39 is 18.0 Å². The van der Waals surface area contributed by atoms with Gasteiger partial charge in [-0.25, -0.2) is 9.59 Å². The molecule has 0 amide bonds. The molecule has 0 aliphatic heterocycles. The number of carbonyl (C=O) groups is 2. The summed E-state index contributed by atoms with van der Waals surface area (Å²) in [4.78, 5) is 22.5. The first-order valence-electron chi connectivity index (χ1n) is 3.96. The van der Waals surface area contributed by atoms with Crippen LogP contribution in [0.1, 0.15) is 0 Å². The van der Waals surface area contributed by atoms with Crippen LogP contribution < -0.4 is 0 Å². The van der Waals surface area contributed by atoms with Crippen LogP contribution in [0.3, 0.4) is 0 Å². The predicted molar refractivity (Wildman–Crippen MR) is 58.3 cm³/mol. The first kappa shape index (κ1) is 16.1. The van der Waals surface area contributed by atoms with Gasteiger partial charge in [-0.2, -0.15) is 0 Å². The van der Waals surface area contributed by atoms with Gasteiger partial charge in [0.1, 0.15) is 0 Å². The number of hydrogen-bond acceptors (Lipinski definition) is 3. The van der Waals surface area contributed by atoms with Gasteiger partial charge in [0.2, 0.25) is 6.04 Å². The third-order valence-electron chi connectivity index (χ3n) is 1.56. The Morgan fingerprint density at radius 1 is 1.13 bits per heavy atom. The van der Waals surface area contributed by atoms with Gasteiger partial charge in [0.25, 0.3) is 0 Å². The Balaban J connectivity index is 0. The maximum absolute atomic E-state index is 10.6. The molecular formula is C9H14ClNO4. The van der Waals surface area contributed by atoms with Gasteiger partial charge >= 0.3 is 11.9 Å². The van der Waals surface area contributed by atoms with E-state index in [1.807, 2.05) is 0 Å². The summed E-state index contributed by atoms with van der Waals surface area (Å²) in [6.07, 6.45) is 2.89. The fourth-order valence-corrected chi connectivity index (χ4v) is 1.03. The fraction of sp³-hybridized carbons (Fsp3) is 0.333. The third-order valence-corrected chi connectivity index (χ3v) is 1.56. The van der Waals surface area contributed by atoms with E-state index >= 15 is 0 Å². The van der Waals surface area contributed by atoms with Crippen LogP contribution in [0.5, 0.6) is 0 Å². The summed E-state index contributed by atoms with van der Waals surface area (Å²) in [5.74, 6) is -2.78. The molecule has 0 spiro atoms. The van der Waals surface area contributed by atoms with Crippen LogP contribution in [-0.4, -0.2) is 46.2 Å². The van der Waals surface area contributed by atoms with Gasteiger partial charge in [-0.1, -0.05) is 12.2 Å². The first-order valence-corrected chi connectivity index (χ1v) is 3.96. The Morgan fingerprint density at radius 2 is 1.47 bits per heavy atom. The zero-order valence-corrected chi connectivity index (χ0v) is 8.94. The molecule has 5 nitrogen and oxygen atoms in total. The van der Waals surface area contributed by atoms with Crippen LogP contribution >= 0.6 is 12.4 Å². The van der Waals surface area contributed by atoms with Crippen molar-refractivity contribution < 1.29 is 19.8 Å². The molecule has 0 saturated heterocycles. The van der Waals surface area contributed by atoms with Crippen molar-refractivity contribution >= 4 is 24.3 Å². The van der Waals surface area contributed by atoms with Crippen LogP contribution in [0, 0.1) is 0 Å². The van der Waals surface area contributed by atoms with Crippen molar-refractivity contribution in [2.75, 3.05) is 13.1 Å². The van der Waals surface area contributed by atoms with E-state index in [2.05, 4.69) is 13.2 Å². The molecule has 0 aromatic heterocycles. The molecule has 6 heteroatoms. The van der Waals surface area contributed by atoms with Crippen LogP contribution in [0.25, 0.3) is 0 Å². The molecule has 0 aliphatic carbocycles. The number of aliphatic carboxylic acids is 2. The van der Waals surface area contributed by atoms with Crippen molar-refractivity contribution in [2.45, 2.75) is 6.04 Å². The molecule has 0 aromatic rings. The minimum Gasteiger partial charge on any atom is -0.480 e. The molecular weight excluding hydrogens is 222 g/mol. The molecule has 0 fully saturated rings. The molecule has 0 saturated carbocycles. The maximum Gasteiger partial charge on any atom is 0.332 e. The van der Waals surface area contributed by atoms with E-state index in [-0.39, 0.29) is 25.5 Å². The molecule has 15 heavy (non-hydrogen) atoms. The van der Waals surface area contributed by atoms with Crippen molar-refractivity contribution in [1.82, 2.24) is 4.90 Å². The molecule has 0 unspecified atom stereocenters. The van der Waals surface area contributed by atoms with Gasteiger partial charge < -0.3 is 10.2 Å². The Morgan fingerprint density at radius 3 is 1.67 bits per heavy atom. The maximum atomic E-state index is 10.6. The second-order valence-corrected chi connectivity index (χ2v) is 2.61. The lowest BCUT2D eigenvalue weighted by atomic mass is 10.2. The van der Waals surface area contributed by atoms with Crippen molar-refractivity contribution in [3.05, 3.63) is 25.3 Å². The van der Waals surface area contributed by atoms with Gasteiger partial charge in [0, 0.05) is 13.1 Å². The molecule has 0 aromatic carbocycles. The summed E-state index contributed by atoms with van der Waals surface area (Å²) < 4.78 is 0. The minimum atomic E-state index is -1.55. The number of carboxylic acid groups (broad SMARTS) is 2. The largest absolute Gasteiger partial charge is 0.480 e. The summed E-state index contributed by atoms with van der Waals surface area (Å²) in [5, 5.41) is 17.4. The van der Waals surface area contributed by atoms with Gasteiger partial charge in [-0.05, 0) is 0 Å². The fourth-order valence-electron chi connectivity index (χ4n) is 1.03. The summed E-state index contributed by atoms with van der Waals surface area (Å²) in [6.45, 7) is 7.22. The third kappa shape index (κ3) is 5.19. The summed E-state index contributed by atoms with van der Waals surface area (Å²) >= 11 is 0. The molecule has 0 heterocycles. The van der Waals surface area contributed by atoms with Crippen LogP contribution in [0.15, 0.2) is 25.3 Å². The summed E-state index contributed by atoms with van der Waals surface area (Å²) in [6, 6.07) is -1.55. The van der Waals surface area contributed by atoms with Gasteiger partial charge in [-0.15, -0.1) is 25.6 Å². The van der Waals surface area contributed by atoms with Crippen LogP contribution in [0.2, 0.25) is 0 Å². The van der Waals surface area contributed by atoms with E-state index in [9.17, 15) is 9.59 Å². The quantitative estimate of drug-likeness (QED) is 0.500. The zero-order valence-electron chi connectivity index (χ0n) is 8.13. The SMILES string of the molecule is C=CCN(CC=C)C(C(=O)O)C(=O)O.Cl. The van der Waals surface area contributed by atoms with Gasteiger partial charge in [0.15, 0.2) is 0 Å². The van der Waals surface area contributed by atoms with E-state index in [4.69, 9.17) is 10.2 Å². The predicted octanol–water partition coefficient (Wildman–Crippen LogP) is 0.620. The van der Waals surface area contributed by atoms with E-state index in [1.165, 1.54) is 17.1 Å². The van der Waals surface area contributed by atoms with E-state index in [1.54, 1.807) is 0 Å². The van der Waals surface area contributed by atoms with Crippen molar-refractivity contribution in [2.24, 2.45) is 0 Å². The number of hydrogen-bond donors (Lipinski definition) is 2. The Hall–Kier alpha value is -1.33. The highest BCUT2D eigenvalue weighted by Crippen LogP contribution is 2.01. The van der Waals surface area contributed by atoms with E-state index in [0.29, 0.717) is 0 Å². The van der Waals surface area contributed by atoms with Crippen LogP contribution in [0.4, 0.5) is 0 Å². The molecule has 0 rings (SSSR count). The highest BCUT2D eigenvalue weighted by molar-refractivity contribution is 5.97. The molecule has 2 N–H and O–H groups in total. The average molecular weight is 236 g/mol. The van der Waals surface area contributed by atoms with Crippen molar-refractivity contribution in [3.63, 3.8) is 0 Å². The smallest absolute Gasteiger partial charge is 0.332 e. The second kappa shape index (κ2) is 8.02. The number of carboxylic acids is 2.